The molecule has 25 heavy (non-hydrogen) atoms. The van der Waals surface area contributed by atoms with Crippen LogP contribution in [-0.4, -0.2) is 31.7 Å². The van der Waals surface area contributed by atoms with Crippen LogP contribution in [0.4, 0.5) is 10.5 Å². The monoisotopic (exact) mass is 362 g/mol. The lowest BCUT2D eigenvalue weighted by molar-refractivity contribution is 0.208. The molecule has 0 saturated heterocycles. The quantitative estimate of drug-likeness (QED) is 0.789. The number of carbonyl (C=O) groups excluding carboxylic acids is 1. The van der Waals surface area contributed by atoms with Gasteiger partial charge in [-0.05, 0) is 37.6 Å². The third-order valence-corrected chi connectivity index (χ3v) is 4.32. The first-order valence-electron chi connectivity index (χ1n) is 8.07. The maximum absolute atomic E-state index is 12.6. The average Bonchev–Trinajstić information content (AvgIpc) is 2.61. The topological polar surface area (TPSA) is 50.8 Å². The fraction of sp³-hybridized carbons (Fsp3) is 0.316. The smallest absolute Gasteiger partial charge is 0.322 e. The van der Waals surface area contributed by atoms with Crippen molar-refractivity contribution in [1.29, 1.82) is 0 Å². The number of ether oxygens (including phenoxy) is 2. The molecule has 2 amide bonds. The number of rotatable bonds is 6. The normalized spacial score (nSPS) is 11.6. The van der Waals surface area contributed by atoms with Gasteiger partial charge >= 0.3 is 6.03 Å². The molecule has 2 rings (SSSR count). The van der Waals surface area contributed by atoms with Crippen LogP contribution in [0.15, 0.2) is 42.5 Å². The minimum Gasteiger partial charge on any atom is -0.493 e. The Hall–Kier alpha value is -2.40. The number of halogens is 1. The number of urea groups is 1. The van der Waals surface area contributed by atoms with E-state index in [0.29, 0.717) is 28.8 Å². The molecule has 134 valence electrons. The largest absolute Gasteiger partial charge is 0.493 e. The van der Waals surface area contributed by atoms with Crippen LogP contribution in [-0.2, 0) is 0 Å². The van der Waals surface area contributed by atoms with Crippen LogP contribution in [0.1, 0.15) is 25.5 Å². The zero-order chi connectivity index (χ0) is 18.4. The molecule has 1 atom stereocenters. The molecule has 0 spiro atoms. The van der Waals surface area contributed by atoms with Gasteiger partial charge in [0.1, 0.15) is 0 Å². The van der Waals surface area contributed by atoms with Crippen molar-refractivity contribution in [2.45, 2.75) is 19.9 Å². The van der Waals surface area contributed by atoms with E-state index >= 15 is 0 Å². The van der Waals surface area contributed by atoms with Gasteiger partial charge in [-0.25, -0.2) is 4.79 Å². The number of hydrogen-bond donors (Lipinski definition) is 1. The molecule has 1 N–H and O–H groups in total. The summed E-state index contributed by atoms with van der Waals surface area (Å²) in [6, 6.07) is 12.4. The summed E-state index contributed by atoms with van der Waals surface area (Å²) in [4.78, 5) is 14.2. The summed E-state index contributed by atoms with van der Waals surface area (Å²) < 4.78 is 10.8. The lowest BCUT2D eigenvalue weighted by atomic mass is 10.1. The van der Waals surface area contributed by atoms with Gasteiger partial charge in [0.2, 0.25) is 0 Å². The molecule has 2 aromatic rings. The first-order chi connectivity index (χ1) is 12.0. The van der Waals surface area contributed by atoms with Crippen molar-refractivity contribution in [2.24, 2.45) is 0 Å². The Labute approximate surface area is 153 Å². The first kappa shape index (κ1) is 18.9. The van der Waals surface area contributed by atoms with E-state index in [1.807, 2.05) is 38.1 Å². The van der Waals surface area contributed by atoms with E-state index in [-0.39, 0.29) is 12.1 Å². The van der Waals surface area contributed by atoms with Crippen molar-refractivity contribution >= 4 is 23.3 Å². The Morgan fingerprint density at radius 3 is 2.60 bits per heavy atom. The molecular weight excluding hydrogens is 340 g/mol. The molecule has 0 bridgehead atoms. The molecule has 0 heterocycles. The molecule has 0 saturated carbocycles. The van der Waals surface area contributed by atoms with Crippen LogP contribution >= 0.6 is 11.6 Å². The highest BCUT2D eigenvalue weighted by Crippen LogP contribution is 2.31. The summed E-state index contributed by atoms with van der Waals surface area (Å²) in [6.45, 7) is 4.33. The van der Waals surface area contributed by atoms with E-state index in [1.165, 1.54) is 0 Å². The summed E-state index contributed by atoms with van der Waals surface area (Å²) in [5.41, 5.74) is 1.53. The summed E-state index contributed by atoms with van der Waals surface area (Å²) in [7, 11) is 3.31. The fourth-order valence-corrected chi connectivity index (χ4v) is 2.73. The van der Waals surface area contributed by atoms with Crippen molar-refractivity contribution in [3.8, 4) is 11.5 Å². The van der Waals surface area contributed by atoms with Gasteiger partial charge in [-0.2, -0.15) is 0 Å². The van der Waals surface area contributed by atoms with E-state index < -0.39 is 0 Å². The van der Waals surface area contributed by atoms with Gasteiger partial charge in [0, 0.05) is 23.8 Å². The SMILES string of the molecule is CCOc1cc(NC(=O)N(C)C(C)c2ccccc2Cl)ccc1OC. The lowest BCUT2D eigenvalue weighted by Crippen LogP contribution is -2.33. The van der Waals surface area contributed by atoms with E-state index in [1.54, 1.807) is 37.3 Å². The molecular formula is C19H23ClN2O3. The third-order valence-electron chi connectivity index (χ3n) is 3.97. The van der Waals surface area contributed by atoms with Crippen LogP contribution < -0.4 is 14.8 Å². The average molecular weight is 363 g/mol. The van der Waals surface area contributed by atoms with Crippen molar-refractivity contribution in [1.82, 2.24) is 4.90 Å². The highest BCUT2D eigenvalue weighted by atomic mass is 35.5. The van der Waals surface area contributed by atoms with Crippen LogP contribution in [0.5, 0.6) is 11.5 Å². The highest BCUT2D eigenvalue weighted by Gasteiger charge is 2.19. The van der Waals surface area contributed by atoms with Crippen molar-refractivity contribution < 1.29 is 14.3 Å². The Morgan fingerprint density at radius 2 is 1.96 bits per heavy atom. The number of methoxy groups -OCH3 is 1. The van der Waals surface area contributed by atoms with Gasteiger partial charge in [-0.1, -0.05) is 29.8 Å². The number of hydrogen-bond acceptors (Lipinski definition) is 3. The lowest BCUT2D eigenvalue weighted by Gasteiger charge is -2.26. The number of anilines is 1. The Balaban J connectivity index is 2.13. The highest BCUT2D eigenvalue weighted by molar-refractivity contribution is 6.31. The van der Waals surface area contributed by atoms with E-state index in [0.717, 1.165) is 5.56 Å². The second kappa shape index (κ2) is 8.62. The standard InChI is InChI=1S/C19H23ClN2O3/c1-5-25-18-12-14(10-11-17(18)24-4)21-19(23)22(3)13(2)15-8-6-7-9-16(15)20/h6-13H,5H2,1-4H3,(H,21,23). The molecule has 1 unspecified atom stereocenters. The number of benzene rings is 2. The zero-order valence-corrected chi connectivity index (χ0v) is 15.6. The zero-order valence-electron chi connectivity index (χ0n) is 14.9. The molecule has 0 aliphatic rings. The maximum atomic E-state index is 12.6. The van der Waals surface area contributed by atoms with Crippen LogP contribution in [0.3, 0.4) is 0 Å². The molecule has 0 aromatic heterocycles. The summed E-state index contributed by atoms with van der Waals surface area (Å²) in [5.74, 6) is 1.21. The Bertz CT molecular complexity index is 736. The molecule has 6 heteroatoms. The molecule has 0 aliphatic heterocycles. The number of amides is 2. The predicted molar refractivity (Wildman–Crippen MR) is 101 cm³/mol. The summed E-state index contributed by atoms with van der Waals surface area (Å²) in [6.07, 6.45) is 0. The van der Waals surface area contributed by atoms with Gasteiger partial charge in [-0.3, -0.25) is 0 Å². The molecule has 5 nitrogen and oxygen atoms in total. The van der Waals surface area contributed by atoms with E-state index in [9.17, 15) is 4.79 Å². The third kappa shape index (κ3) is 4.57. The number of nitrogens with one attached hydrogen (secondary N) is 1. The first-order valence-corrected chi connectivity index (χ1v) is 8.44. The van der Waals surface area contributed by atoms with Crippen molar-refractivity contribution in [2.75, 3.05) is 26.1 Å². The number of nitrogens with zero attached hydrogens (tertiary/aromatic N) is 1. The van der Waals surface area contributed by atoms with Crippen molar-refractivity contribution in [3.63, 3.8) is 0 Å². The molecule has 0 radical (unpaired) electrons. The summed E-state index contributed by atoms with van der Waals surface area (Å²) >= 11 is 6.23. The van der Waals surface area contributed by atoms with Crippen molar-refractivity contribution in [3.05, 3.63) is 53.1 Å². The van der Waals surface area contributed by atoms with Crippen LogP contribution in [0.25, 0.3) is 0 Å². The predicted octanol–water partition coefficient (Wildman–Crippen LogP) is 4.97. The second-order valence-corrected chi connectivity index (χ2v) is 5.94. The second-order valence-electron chi connectivity index (χ2n) is 5.54. The Morgan fingerprint density at radius 1 is 1.24 bits per heavy atom. The Kier molecular flexibility index (Phi) is 6.53. The minimum absolute atomic E-state index is 0.168. The number of carbonyl (C=O) groups is 1. The van der Waals surface area contributed by atoms with Crippen LogP contribution in [0.2, 0.25) is 5.02 Å². The van der Waals surface area contributed by atoms with Crippen LogP contribution in [0, 0.1) is 0 Å². The van der Waals surface area contributed by atoms with E-state index in [2.05, 4.69) is 5.32 Å². The van der Waals surface area contributed by atoms with Gasteiger partial charge in [0.25, 0.3) is 0 Å². The molecule has 2 aromatic carbocycles. The fourth-order valence-electron chi connectivity index (χ4n) is 2.43. The van der Waals surface area contributed by atoms with Gasteiger partial charge < -0.3 is 19.7 Å². The van der Waals surface area contributed by atoms with Gasteiger partial charge in [-0.15, -0.1) is 0 Å². The van der Waals surface area contributed by atoms with Gasteiger partial charge in [0.05, 0.1) is 19.8 Å². The minimum atomic E-state index is -0.236. The molecule has 0 fully saturated rings. The van der Waals surface area contributed by atoms with E-state index in [4.69, 9.17) is 21.1 Å². The maximum Gasteiger partial charge on any atom is 0.322 e. The molecule has 0 aliphatic carbocycles. The van der Waals surface area contributed by atoms with Gasteiger partial charge in [0.15, 0.2) is 11.5 Å². The summed E-state index contributed by atoms with van der Waals surface area (Å²) in [5, 5.41) is 3.51.